The molecule has 1 atom stereocenters. The number of nitrogens with zero attached hydrogens (tertiary/aromatic N) is 2. The zero-order valence-electron chi connectivity index (χ0n) is 12.1. The molecule has 6 nitrogen and oxygen atoms in total. The van der Waals surface area contributed by atoms with Gasteiger partial charge in [-0.1, -0.05) is 13.8 Å². The summed E-state index contributed by atoms with van der Waals surface area (Å²) in [6.45, 7) is 5.62. The lowest BCUT2D eigenvalue weighted by atomic mass is 9.91. The summed E-state index contributed by atoms with van der Waals surface area (Å²) in [5.74, 6) is -0.209. The van der Waals surface area contributed by atoms with E-state index in [4.69, 9.17) is 5.11 Å². The molecule has 1 aliphatic rings. The molecular weight excluding hydrogens is 246 g/mol. The van der Waals surface area contributed by atoms with Crippen molar-refractivity contribution in [1.82, 2.24) is 15.1 Å². The highest BCUT2D eigenvalue weighted by atomic mass is 16.3. The Hall–Kier alpha value is -1.14. The van der Waals surface area contributed by atoms with Crippen molar-refractivity contribution in [3.63, 3.8) is 0 Å². The Labute approximate surface area is 114 Å². The molecule has 110 valence electrons. The first-order valence-corrected chi connectivity index (χ1v) is 6.94. The quantitative estimate of drug-likeness (QED) is 0.627. The molecule has 0 saturated carbocycles. The number of β-amino-alcohol motifs (C(OH)–C–C–N with tert-alkyl or cyclic N) is 1. The number of nitrogens with one attached hydrogen (secondary N) is 1. The highest BCUT2D eigenvalue weighted by Gasteiger charge is 2.49. The summed E-state index contributed by atoms with van der Waals surface area (Å²) in [6, 6.07) is -0.390. The van der Waals surface area contributed by atoms with Crippen LogP contribution in [0.25, 0.3) is 0 Å². The first-order valence-electron chi connectivity index (χ1n) is 6.94. The SMILES string of the molecule is CCCN(C)CCC1(CC)NC(=O)N(CCO)C1=O. The van der Waals surface area contributed by atoms with E-state index in [1.54, 1.807) is 0 Å². The monoisotopic (exact) mass is 271 g/mol. The van der Waals surface area contributed by atoms with Gasteiger partial charge < -0.3 is 15.3 Å². The van der Waals surface area contributed by atoms with Crippen LogP contribution in [0, 0.1) is 0 Å². The van der Waals surface area contributed by atoms with Crippen LogP contribution in [0.3, 0.4) is 0 Å². The average molecular weight is 271 g/mol. The van der Waals surface area contributed by atoms with Crippen LogP contribution in [0.15, 0.2) is 0 Å². The number of imide groups is 1. The van der Waals surface area contributed by atoms with Gasteiger partial charge >= 0.3 is 6.03 Å². The van der Waals surface area contributed by atoms with E-state index in [-0.39, 0.29) is 25.1 Å². The van der Waals surface area contributed by atoms with Crippen molar-refractivity contribution < 1.29 is 14.7 Å². The van der Waals surface area contributed by atoms with Gasteiger partial charge in [-0.05, 0) is 32.9 Å². The van der Waals surface area contributed by atoms with Gasteiger partial charge in [0.1, 0.15) is 5.54 Å². The van der Waals surface area contributed by atoms with E-state index in [0.29, 0.717) is 12.8 Å². The fraction of sp³-hybridized carbons (Fsp3) is 0.846. The Kier molecular flexibility index (Phi) is 5.75. The normalized spacial score (nSPS) is 23.3. The van der Waals surface area contributed by atoms with E-state index < -0.39 is 5.54 Å². The number of carbonyl (C=O) groups excluding carboxylic acids is 2. The number of hydrogen-bond donors (Lipinski definition) is 2. The maximum Gasteiger partial charge on any atom is 0.325 e. The Morgan fingerprint density at radius 2 is 2.00 bits per heavy atom. The lowest BCUT2D eigenvalue weighted by molar-refractivity contribution is -0.132. The van der Waals surface area contributed by atoms with Gasteiger partial charge in [-0.2, -0.15) is 0 Å². The molecule has 0 aromatic rings. The molecule has 0 aliphatic carbocycles. The topological polar surface area (TPSA) is 72.9 Å². The lowest BCUT2D eigenvalue weighted by Crippen LogP contribution is -2.48. The van der Waals surface area contributed by atoms with Crippen molar-refractivity contribution in [2.45, 2.75) is 38.6 Å². The van der Waals surface area contributed by atoms with Crippen LogP contribution in [0.5, 0.6) is 0 Å². The molecule has 6 heteroatoms. The molecule has 0 aromatic carbocycles. The van der Waals surface area contributed by atoms with Gasteiger partial charge in [0.05, 0.1) is 13.2 Å². The minimum absolute atomic E-state index is 0.0667. The Morgan fingerprint density at radius 1 is 1.32 bits per heavy atom. The molecule has 1 heterocycles. The second-order valence-electron chi connectivity index (χ2n) is 5.10. The minimum atomic E-state index is -0.797. The predicted molar refractivity (Wildman–Crippen MR) is 72.8 cm³/mol. The summed E-state index contributed by atoms with van der Waals surface area (Å²) in [6.07, 6.45) is 2.23. The van der Waals surface area contributed by atoms with Crippen molar-refractivity contribution in [3.05, 3.63) is 0 Å². The molecule has 0 aromatic heterocycles. The third-order valence-corrected chi connectivity index (χ3v) is 3.70. The first kappa shape index (κ1) is 15.9. The van der Waals surface area contributed by atoms with E-state index >= 15 is 0 Å². The van der Waals surface area contributed by atoms with E-state index in [2.05, 4.69) is 17.1 Å². The average Bonchev–Trinajstić information content (AvgIpc) is 2.62. The zero-order chi connectivity index (χ0) is 14.5. The molecule has 2 N–H and O–H groups in total. The van der Waals surface area contributed by atoms with Gasteiger partial charge in [0.2, 0.25) is 0 Å². The van der Waals surface area contributed by atoms with Crippen molar-refractivity contribution in [1.29, 1.82) is 0 Å². The van der Waals surface area contributed by atoms with Crippen LogP contribution in [0.2, 0.25) is 0 Å². The zero-order valence-corrected chi connectivity index (χ0v) is 12.1. The third kappa shape index (κ3) is 3.45. The number of aliphatic hydroxyl groups is 1. The second-order valence-corrected chi connectivity index (χ2v) is 5.10. The van der Waals surface area contributed by atoms with Gasteiger partial charge in [-0.3, -0.25) is 9.69 Å². The number of carbonyl (C=O) groups is 2. The molecular formula is C13H25N3O3. The maximum absolute atomic E-state index is 12.3. The summed E-state index contributed by atoms with van der Waals surface area (Å²) in [7, 11) is 2.01. The standard InChI is InChI=1S/C13H25N3O3/c1-4-7-15(3)8-6-13(5-2)11(18)16(9-10-17)12(19)14-13/h17H,4-10H2,1-3H3,(H,14,19). The van der Waals surface area contributed by atoms with Crippen molar-refractivity contribution in [2.24, 2.45) is 0 Å². The molecule has 19 heavy (non-hydrogen) atoms. The lowest BCUT2D eigenvalue weighted by Gasteiger charge is -2.27. The molecule has 1 saturated heterocycles. The molecule has 3 amide bonds. The van der Waals surface area contributed by atoms with Crippen LogP contribution in [0.4, 0.5) is 4.79 Å². The minimum Gasteiger partial charge on any atom is -0.395 e. The Balaban J connectivity index is 2.70. The van der Waals surface area contributed by atoms with Crippen LogP contribution in [-0.2, 0) is 4.79 Å². The summed E-state index contributed by atoms with van der Waals surface area (Å²) >= 11 is 0. The molecule has 1 aliphatic heterocycles. The Bertz CT molecular complexity index is 335. The van der Waals surface area contributed by atoms with E-state index in [9.17, 15) is 9.59 Å². The summed E-state index contributed by atoms with van der Waals surface area (Å²) < 4.78 is 0. The fourth-order valence-corrected chi connectivity index (χ4v) is 2.44. The third-order valence-electron chi connectivity index (χ3n) is 3.70. The van der Waals surface area contributed by atoms with E-state index in [0.717, 1.165) is 24.4 Å². The highest BCUT2D eigenvalue weighted by molar-refractivity contribution is 6.07. The molecule has 1 fully saturated rings. The molecule has 0 radical (unpaired) electrons. The van der Waals surface area contributed by atoms with Crippen LogP contribution < -0.4 is 5.32 Å². The highest BCUT2D eigenvalue weighted by Crippen LogP contribution is 2.25. The maximum atomic E-state index is 12.3. The van der Waals surface area contributed by atoms with E-state index in [1.807, 2.05) is 14.0 Å². The number of hydrogen-bond acceptors (Lipinski definition) is 4. The van der Waals surface area contributed by atoms with Crippen molar-refractivity contribution in [3.8, 4) is 0 Å². The first-order chi connectivity index (χ1) is 9.00. The summed E-state index contributed by atoms with van der Waals surface area (Å²) in [5, 5.41) is 11.7. The molecule has 0 spiro atoms. The van der Waals surface area contributed by atoms with Gasteiger partial charge in [-0.15, -0.1) is 0 Å². The van der Waals surface area contributed by atoms with Crippen LogP contribution in [0.1, 0.15) is 33.1 Å². The van der Waals surface area contributed by atoms with Gasteiger partial charge in [0.25, 0.3) is 5.91 Å². The number of amides is 3. The molecule has 0 bridgehead atoms. The molecule has 1 unspecified atom stereocenters. The van der Waals surface area contributed by atoms with Crippen molar-refractivity contribution >= 4 is 11.9 Å². The Morgan fingerprint density at radius 3 is 2.53 bits per heavy atom. The van der Waals surface area contributed by atoms with Gasteiger partial charge in [0, 0.05) is 6.54 Å². The van der Waals surface area contributed by atoms with Gasteiger partial charge in [-0.25, -0.2) is 4.79 Å². The smallest absolute Gasteiger partial charge is 0.325 e. The second kappa shape index (κ2) is 6.86. The fourth-order valence-electron chi connectivity index (χ4n) is 2.44. The van der Waals surface area contributed by atoms with E-state index in [1.165, 1.54) is 0 Å². The van der Waals surface area contributed by atoms with Gasteiger partial charge in [0.15, 0.2) is 0 Å². The van der Waals surface area contributed by atoms with Crippen molar-refractivity contribution in [2.75, 3.05) is 33.3 Å². The number of rotatable bonds is 8. The predicted octanol–water partition coefficient (Wildman–Crippen LogP) is 0.411. The number of urea groups is 1. The summed E-state index contributed by atoms with van der Waals surface area (Å²) in [4.78, 5) is 27.4. The van der Waals surface area contributed by atoms with Crippen LogP contribution in [-0.4, -0.2) is 65.7 Å². The summed E-state index contributed by atoms with van der Waals surface area (Å²) in [5.41, 5.74) is -0.797. The largest absolute Gasteiger partial charge is 0.395 e. The molecule has 1 rings (SSSR count). The van der Waals surface area contributed by atoms with Crippen LogP contribution >= 0.6 is 0 Å². The number of aliphatic hydroxyl groups excluding tert-OH is 1.